The van der Waals surface area contributed by atoms with Crippen LogP contribution in [0.3, 0.4) is 0 Å². The molecule has 0 radical (unpaired) electrons. The molecular weight excluding hydrogens is 276 g/mol. The van der Waals surface area contributed by atoms with Crippen LogP contribution in [0.5, 0.6) is 0 Å². The van der Waals surface area contributed by atoms with Gasteiger partial charge in [0.25, 0.3) is 0 Å². The molecule has 0 amide bonds. The van der Waals surface area contributed by atoms with Crippen LogP contribution in [0.4, 0.5) is 0 Å². The lowest BCUT2D eigenvalue weighted by Crippen LogP contribution is -2.04. The van der Waals surface area contributed by atoms with Crippen LogP contribution in [0.2, 0.25) is 0 Å². The molecule has 0 atom stereocenters. The van der Waals surface area contributed by atoms with Gasteiger partial charge in [0, 0.05) is 0 Å². The summed E-state index contributed by atoms with van der Waals surface area (Å²) in [6.07, 6.45) is 0. The van der Waals surface area contributed by atoms with E-state index in [2.05, 4.69) is 66.1 Å². The minimum Gasteiger partial charge on any atom is -0.236 e. The number of nitrogens with zero attached hydrogens (tertiary/aromatic N) is 2. The Kier molecular flexibility index (Phi) is 3.38. The van der Waals surface area contributed by atoms with E-state index in [4.69, 9.17) is 0 Å². The van der Waals surface area contributed by atoms with Crippen LogP contribution in [-0.4, -0.2) is 9.78 Å². The van der Waals surface area contributed by atoms with Crippen molar-refractivity contribution in [2.45, 2.75) is 33.6 Å². The van der Waals surface area contributed by atoms with Gasteiger partial charge < -0.3 is 0 Å². The summed E-state index contributed by atoms with van der Waals surface area (Å²) < 4.78 is 3.12. The van der Waals surface area contributed by atoms with Crippen molar-refractivity contribution in [1.82, 2.24) is 9.78 Å². The topological polar surface area (TPSA) is 17.8 Å². The van der Waals surface area contributed by atoms with Crippen LogP contribution in [0.15, 0.2) is 28.7 Å². The molecule has 0 bridgehead atoms. The van der Waals surface area contributed by atoms with E-state index in [1.54, 1.807) is 0 Å². The Hall–Kier alpha value is -1.09. The molecule has 0 fully saturated rings. The fraction of sp³-hybridized carbons (Fsp3) is 0.357. The first kappa shape index (κ1) is 12.4. The Balaban J connectivity index is 2.64. The van der Waals surface area contributed by atoms with E-state index in [9.17, 15) is 0 Å². The van der Waals surface area contributed by atoms with Gasteiger partial charge in [0.1, 0.15) is 0 Å². The second-order valence-corrected chi connectivity index (χ2v) is 5.40. The molecule has 2 nitrogen and oxygen atoms in total. The third kappa shape index (κ3) is 2.16. The van der Waals surface area contributed by atoms with Crippen molar-refractivity contribution in [3.8, 4) is 5.69 Å². The maximum atomic E-state index is 4.59. The number of benzene rings is 1. The van der Waals surface area contributed by atoms with Crippen LogP contribution >= 0.6 is 15.9 Å². The van der Waals surface area contributed by atoms with Crippen LogP contribution in [0.25, 0.3) is 5.69 Å². The number of hydrogen-bond donors (Lipinski definition) is 0. The average molecular weight is 293 g/mol. The van der Waals surface area contributed by atoms with E-state index in [0.717, 1.165) is 15.9 Å². The highest BCUT2D eigenvalue weighted by molar-refractivity contribution is 9.10. The predicted octanol–water partition coefficient (Wildman–Crippen LogP) is 4.38. The number of halogens is 1. The predicted molar refractivity (Wildman–Crippen MR) is 74.8 cm³/mol. The molecular formula is C14H17BrN2. The molecule has 0 saturated carbocycles. The second-order valence-electron chi connectivity index (χ2n) is 4.61. The van der Waals surface area contributed by atoms with Crippen molar-refractivity contribution in [3.05, 3.63) is 45.7 Å². The fourth-order valence-electron chi connectivity index (χ4n) is 2.03. The highest BCUT2D eigenvalue weighted by Crippen LogP contribution is 2.27. The summed E-state index contributed by atoms with van der Waals surface area (Å²) in [6.45, 7) is 8.52. The SMILES string of the molecule is Cc1nn(-c2ccccc2C(C)C)c(C)c1Br. The van der Waals surface area contributed by atoms with Gasteiger partial charge >= 0.3 is 0 Å². The standard InChI is InChI=1S/C14H17BrN2/c1-9(2)12-7-5-6-8-13(12)17-11(4)14(15)10(3)16-17/h5-9H,1-4H3. The van der Waals surface area contributed by atoms with E-state index < -0.39 is 0 Å². The van der Waals surface area contributed by atoms with Gasteiger partial charge in [0.15, 0.2) is 0 Å². The first-order valence-electron chi connectivity index (χ1n) is 5.83. The summed E-state index contributed by atoms with van der Waals surface area (Å²) in [7, 11) is 0. The monoisotopic (exact) mass is 292 g/mol. The van der Waals surface area contributed by atoms with Crippen LogP contribution in [0.1, 0.15) is 36.7 Å². The van der Waals surface area contributed by atoms with Crippen molar-refractivity contribution >= 4 is 15.9 Å². The Bertz CT molecular complexity index is 541. The molecule has 1 aromatic heterocycles. The number of hydrogen-bond acceptors (Lipinski definition) is 1. The van der Waals surface area contributed by atoms with Gasteiger partial charge in [-0.05, 0) is 47.3 Å². The van der Waals surface area contributed by atoms with Gasteiger partial charge in [0.2, 0.25) is 0 Å². The largest absolute Gasteiger partial charge is 0.236 e. The van der Waals surface area contributed by atoms with Gasteiger partial charge in [0.05, 0.1) is 21.5 Å². The molecule has 0 unspecified atom stereocenters. The summed E-state index contributed by atoms with van der Waals surface area (Å²) in [5.41, 5.74) is 4.68. The van der Waals surface area contributed by atoms with Crippen molar-refractivity contribution in [2.75, 3.05) is 0 Å². The van der Waals surface area contributed by atoms with E-state index in [-0.39, 0.29) is 0 Å². The molecule has 2 rings (SSSR count). The van der Waals surface area contributed by atoms with Gasteiger partial charge in [-0.2, -0.15) is 5.10 Å². The fourth-order valence-corrected chi connectivity index (χ4v) is 2.27. The minimum absolute atomic E-state index is 0.494. The molecule has 17 heavy (non-hydrogen) atoms. The first-order valence-corrected chi connectivity index (χ1v) is 6.62. The Morgan fingerprint density at radius 2 is 1.82 bits per heavy atom. The zero-order valence-electron chi connectivity index (χ0n) is 10.7. The zero-order chi connectivity index (χ0) is 12.6. The van der Waals surface area contributed by atoms with E-state index in [1.807, 2.05) is 11.6 Å². The summed E-state index contributed by atoms with van der Waals surface area (Å²) in [5.74, 6) is 0.494. The highest BCUT2D eigenvalue weighted by Gasteiger charge is 2.14. The van der Waals surface area contributed by atoms with E-state index in [0.29, 0.717) is 5.92 Å². The van der Waals surface area contributed by atoms with Crippen LogP contribution < -0.4 is 0 Å². The molecule has 2 aromatic rings. The lowest BCUT2D eigenvalue weighted by Gasteiger charge is -2.13. The van der Waals surface area contributed by atoms with Gasteiger partial charge in [-0.15, -0.1) is 0 Å². The molecule has 0 N–H and O–H groups in total. The third-order valence-electron chi connectivity index (χ3n) is 2.99. The number of aromatic nitrogens is 2. The second kappa shape index (κ2) is 4.65. The number of para-hydroxylation sites is 1. The van der Waals surface area contributed by atoms with Crippen molar-refractivity contribution in [3.63, 3.8) is 0 Å². The number of aryl methyl sites for hydroxylation is 1. The minimum atomic E-state index is 0.494. The lowest BCUT2D eigenvalue weighted by molar-refractivity contribution is 0.786. The molecule has 3 heteroatoms. The van der Waals surface area contributed by atoms with Crippen LogP contribution in [0, 0.1) is 13.8 Å². The molecule has 0 aliphatic carbocycles. The lowest BCUT2D eigenvalue weighted by atomic mass is 10.0. The van der Waals surface area contributed by atoms with Crippen LogP contribution in [-0.2, 0) is 0 Å². The smallest absolute Gasteiger partial charge is 0.0743 e. The third-order valence-corrected chi connectivity index (χ3v) is 4.14. The van der Waals surface area contributed by atoms with Crippen molar-refractivity contribution in [2.24, 2.45) is 0 Å². The highest BCUT2D eigenvalue weighted by atomic mass is 79.9. The Labute approximate surface area is 111 Å². The molecule has 90 valence electrons. The molecule has 1 aromatic carbocycles. The van der Waals surface area contributed by atoms with Crippen molar-refractivity contribution < 1.29 is 0 Å². The average Bonchev–Trinajstić information content (AvgIpc) is 2.57. The van der Waals surface area contributed by atoms with Gasteiger partial charge in [-0.3, -0.25) is 0 Å². The molecule has 0 spiro atoms. The molecule has 0 aliphatic rings. The first-order chi connectivity index (χ1) is 8.02. The van der Waals surface area contributed by atoms with Gasteiger partial charge in [-0.1, -0.05) is 32.0 Å². The maximum absolute atomic E-state index is 4.59. The molecule has 1 heterocycles. The van der Waals surface area contributed by atoms with Gasteiger partial charge in [-0.25, -0.2) is 4.68 Å². The number of rotatable bonds is 2. The Morgan fingerprint density at radius 1 is 1.18 bits per heavy atom. The summed E-state index contributed by atoms with van der Waals surface area (Å²) in [5, 5.41) is 4.59. The maximum Gasteiger partial charge on any atom is 0.0743 e. The van der Waals surface area contributed by atoms with Crippen molar-refractivity contribution in [1.29, 1.82) is 0 Å². The normalized spacial score (nSPS) is 11.2. The van der Waals surface area contributed by atoms with E-state index in [1.165, 1.54) is 11.3 Å². The molecule has 0 saturated heterocycles. The quantitative estimate of drug-likeness (QED) is 0.803. The molecule has 0 aliphatic heterocycles. The van der Waals surface area contributed by atoms with E-state index >= 15 is 0 Å². The zero-order valence-corrected chi connectivity index (χ0v) is 12.2. The summed E-state index contributed by atoms with van der Waals surface area (Å²) in [6, 6.07) is 8.44. The summed E-state index contributed by atoms with van der Waals surface area (Å²) in [4.78, 5) is 0. The summed E-state index contributed by atoms with van der Waals surface area (Å²) >= 11 is 3.58. The Morgan fingerprint density at radius 3 is 2.35 bits per heavy atom.